The van der Waals surface area contributed by atoms with Gasteiger partial charge < -0.3 is 49.3 Å². The van der Waals surface area contributed by atoms with E-state index in [-0.39, 0.29) is 0 Å². The molecule has 0 bridgehead atoms. The average Bonchev–Trinajstić information content (AvgIpc) is 3.38. The van der Waals surface area contributed by atoms with Gasteiger partial charge in [-0.05, 0) is 19.3 Å². The predicted molar refractivity (Wildman–Crippen MR) is 261 cm³/mol. The molecule has 1 aliphatic rings. The molecule has 1 saturated heterocycles. The molecule has 1 rings (SSSR count). The third kappa shape index (κ3) is 30.4. The summed E-state index contributed by atoms with van der Waals surface area (Å²) >= 11 is 0. The number of unbranched alkanes of at least 4 members (excludes halogenated alkanes) is 22. The van der Waals surface area contributed by atoms with Gasteiger partial charge in [0.25, 0.3) is 0 Å². The summed E-state index contributed by atoms with van der Waals surface area (Å²) in [7, 11) is 0. The Morgan fingerprint density at radius 1 is 0.514 bits per heavy atom. The van der Waals surface area contributed by atoms with E-state index >= 15 is 0 Å². The maximum absolute atomic E-state index is 14.4. The summed E-state index contributed by atoms with van der Waals surface area (Å²) in [6.07, 6.45) is 17.6. The Balaban J connectivity index is 3.50. The molecule has 1 aliphatic heterocycles. The summed E-state index contributed by atoms with van der Waals surface area (Å²) in [6.45, 7) is -1.01. The van der Waals surface area contributed by atoms with Gasteiger partial charge in [-0.25, -0.2) is 4.79 Å². The van der Waals surface area contributed by atoms with Crippen molar-refractivity contribution in [3.63, 3.8) is 0 Å². The van der Waals surface area contributed by atoms with Gasteiger partial charge in [-0.2, -0.15) is 0 Å². The summed E-state index contributed by atoms with van der Waals surface area (Å²) in [5.41, 5.74) is 0. The lowest BCUT2D eigenvalue weighted by Crippen LogP contribution is -2.63. The van der Waals surface area contributed by atoms with E-state index in [1.54, 1.807) is 0 Å². The lowest BCUT2D eigenvalue weighted by molar-refractivity contribution is -0.308. The molecule has 18 heteroatoms. The molecule has 0 radical (unpaired) electrons. The Morgan fingerprint density at radius 3 is 1.36 bits per heavy atom. The van der Waals surface area contributed by atoms with Gasteiger partial charge in [0.15, 0.2) is 24.6 Å². The number of ether oxygens (including phenoxy) is 6. The highest BCUT2D eigenvalue weighted by atomic mass is 16.7. The van der Waals surface area contributed by atoms with Crippen molar-refractivity contribution in [1.29, 1.82) is 0 Å². The van der Waals surface area contributed by atoms with Crippen LogP contribution in [0, 0.1) is 5.92 Å². The van der Waals surface area contributed by atoms with Gasteiger partial charge in [0.1, 0.15) is 24.8 Å². The topological polar surface area (TPSA) is 256 Å². The molecule has 0 aromatic carbocycles. The molecular formula is C52H90N2O16. The number of hydrogen-bond donors (Lipinski definition) is 4. The number of amides is 2. The van der Waals surface area contributed by atoms with Gasteiger partial charge in [-0.1, -0.05) is 168 Å². The Kier molecular flexibility index (Phi) is 31.8. The molecule has 0 aliphatic carbocycles. The fraction of sp³-hybridized carbons (Fsp3) is 0.846. The molecule has 4 N–H and O–H groups in total. The summed E-state index contributed by atoms with van der Waals surface area (Å²) in [5, 5.41) is 24.2. The first-order valence-corrected chi connectivity index (χ1v) is 25.9. The van der Waals surface area contributed by atoms with Crippen molar-refractivity contribution in [2.45, 2.75) is 264 Å². The monoisotopic (exact) mass is 1000 g/mol. The second kappa shape index (κ2) is 39.3. The zero-order valence-electron chi connectivity index (χ0n) is 46.3. The molecule has 18 nitrogen and oxygen atoms in total. The quantitative estimate of drug-likeness (QED) is 0.0253. The summed E-state index contributed by atoms with van der Waals surface area (Å²) in [5.74, 6) is -9.80. The second-order valence-electron chi connectivity index (χ2n) is 18.4. The van der Waals surface area contributed by atoms with Crippen molar-refractivity contribution < 1.29 is 82.5 Å². The highest BCUT2D eigenvalue weighted by molar-refractivity contribution is 5.91. The van der Waals surface area contributed by atoms with Crippen LogP contribution in [0.2, 0.25) is 0 Å². The van der Waals surface area contributed by atoms with Crippen molar-refractivity contribution in [3.05, 3.63) is 0 Å². The van der Waals surface area contributed by atoms with Crippen molar-refractivity contribution in [3.8, 4) is 0 Å². The minimum Gasteiger partial charge on any atom is -0.481 e. The Labute approximate surface area is 423 Å². The summed E-state index contributed by atoms with van der Waals surface area (Å²) in [6, 6.07) is -3.44. The van der Waals surface area contributed by atoms with Crippen LogP contribution in [-0.2, 0) is 66.8 Å². The van der Waals surface area contributed by atoms with Crippen LogP contribution in [0.4, 0.5) is 0 Å². The number of nitrogens with one attached hydrogen (secondary N) is 2. The molecule has 0 aromatic heterocycles. The van der Waals surface area contributed by atoms with Gasteiger partial charge >= 0.3 is 35.8 Å². The molecule has 404 valence electrons. The minimum atomic E-state index is -1.94. The number of carboxylic acids is 2. The Hall–Kier alpha value is -4.32. The fourth-order valence-electron chi connectivity index (χ4n) is 8.51. The zero-order chi connectivity index (χ0) is 54.9. The highest BCUT2D eigenvalue weighted by Gasteiger charge is 2.53. The van der Waals surface area contributed by atoms with Gasteiger partial charge in [0.05, 0.1) is 6.61 Å². The first kappa shape index (κ1) is 56.6. The number of carboxylic acid groups (broad SMARTS) is 2. The summed E-state index contributed by atoms with van der Waals surface area (Å²) in [4.78, 5) is 102. The fourth-order valence-corrected chi connectivity index (χ4v) is 8.51. The maximum atomic E-state index is 14.4. The Bertz CT molecular complexity index is 1590. The maximum Gasteiger partial charge on any atom is 0.326 e. The number of carbonyl (C=O) groups is 8. The van der Waals surface area contributed by atoms with Crippen molar-refractivity contribution >= 4 is 47.6 Å². The molecule has 2 amide bonds. The average molecular weight is 1000 g/mol. The first-order chi connectivity index (χ1) is 35.6. The third-order valence-electron chi connectivity index (χ3n) is 12.3. The largest absolute Gasteiger partial charge is 0.481 e. The molecule has 0 aromatic rings. The standard InChI is InChI=1S/C52H90N2O16/c1-7-9-11-13-15-17-19-21-23-25-27-29-31-41(32-30-28-26-24-22-20-18-16-14-12-10-8-2)49(61)54-43(50(62)53-42(51(63)64)33-34-45(59)60)35-66-52-48(69-40(6)58)47(68-39(5)57)46(67-38(4)56)44(70-52)36-65-37(3)55/h41-44,46-48,52H,7-36H2,1-6H3,(H,53,62)(H,54,61)(H,59,60)(H,63,64)/t42-,43-,44-,46-,47+,48+,52?/m1/s1/i3D,4D,5D,6D. The summed E-state index contributed by atoms with van der Waals surface area (Å²) < 4.78 is 63.3. The number of esters is 4. The molecule has 1 unspecified atom stereocenters. The smallest absolute Gasteiger partial charge is 0.326 e. The van der Waals surface area contributed by atoms with Crippen molar-refractivity contribution in [2.24, 2.45) is 5.92 Å². The van der Waals surface area contributed by atoms with E-state index in [0.717, 1.165) is 64.2 Å². The lowest BCUT2D eigenvalue weighted by atomic mass is 9.92. The van der Waals surface area contributed by atoms with Crippen LogP contribution in [0.5, 0.6) is 0 Å². The molecule has 0 spiro atoms. The van der Waals surface area contributed by atoms with Gasteiger partial charge in [0.2, 0.25) is 11.8 Å². The van der Waals surface area contributed by atoms with E-state index in [9.17, 15) is 48.6 Å². The first-order valence-electron chi connectivity index (χ1n) is 28.7. The third-order valence-corrected chi connectivity index (χ3v) is 12.3. The van der Waals surface area contributed by atoms with Crippen LogP contribution < -0.4 is 10.6 Å². The normalized spacial score (nSPS) is 19.3. The molecule has 70 heavy (non-hydrogen) atoms. The van der Waals surface area contributed by atoms with Crippen LogP contribution in [0.15, 0.2) is 0 Å². The molecule has 0 saturated carbocycles. The Morgan fingerprint density at radius 2 is 0.929 bits per heavy atom. The number of aliphatic carboxylic acids is 2. The van der Waals surface area contributed by atoms with E-state index in [0.29, 0.717) is 12.8 Å². The second-order valence-corrected chi connectivity index (χ2v) is 18.4. The predicted octanol–water partition coefficient (Wildman–Crippen LogP) is 8.80. The lowest BCUT2D eigenvalue weighted by Gasteiger charge is -2.44. The van der Waals surface area contributed by atoms with E-state index < -0.39 is 150 Å². The molecule has 1 heterocycles. The van der Waals surface area contributed by atoms with Crippen LogP contribution in [0.3, 0.4) is 0 Å². The number of carbonyl (C=O) groups excluding carboxylic acids is 6. The molecule has 7 atom stereocenters. The van der Waals surface area contributed by atoms with Gasteiger partial charge in [0, 0.05) is 45.4 Å². The van der Waals surface area contributed by atoms with Gasteiger partial charge in [-0.3, -0.25) is 33.6 Å². The van der Waals surface area contributed by atoms with Crippen molar-refractivity contribution in [1.82, 2.24) is 10.6 Å². The van der Waals surface area contributed by atoms with Crippen LogP contribution in [0.1, 0.15) is 227 Å². The minimum absolute atomic E-state index is 0.490. The highest BCUT2D eigenvalue weighted by Crippen LogP contribution is 2.30. The van der Waals surface area contributed by atoms with E-state index in [1.807, 2.05) is 0 Å². The van der Waals surface area contributed by atoms with Crippen LogP contribution in [-0.4, -0.2) is 114 Å². The van der Waals surface area contributed by atoms with Crippen molar-refractivity contribution in [2.75, 3.05) is 13.2 Å². The van der Waals surface area contributed by atoms with Crippen LogP contribution in [0.25, 0.3) is 0 Å². The van der Waals surface area contributed by atoms with E-state index in [2.05, 4.69) is 24.5 Å². The van der Waals surface area contributed by atoms with E-state index in [4.69, 9.17) is 33.9 Å². The SMILES string of the molecule is [2H]CC(=O)OC[C@H]1OC(OC[C@@H](NC(=O)C(CCCCCCCCCCCCCC)CCCCCCCCCCCCCC)C(=O)N[C@H](CCC(=O)O)C(=O)O)[C@@H](OC(=O)C[2H])[C@@H](OC(=O)C[2H])[C@@H]1OC(=O)C[2H]. The number of hydrogen-bond acceptors (Lipinski definition) is 14. The zero-order valence-corrected chi connectivity index (χ0v) is 42.3. The van der Waals surface area contributed by atoms with E-state index in [1.165, 1.54) is 89.9 Å². The van der Waals surface area contributed by atoms with Crippen LogP contribution >= 0.6 is 0 Å². The molecular weight excluding hydrogens is 909 g/mol. The molecule has 1 fully saturated rings. The number of rotatable bonds is 42. The van der Waals surface area contributed by atoms with Gasteiger partial charge in [-0.15, -0.1) is 0 Å².